The van der Waals surface area contributed by atoms with Gasteiger partial charge < -0.3 is 16.5 Å². The van der Waals surface area contributed by atoms with Crippen molar-refractivity contribution in [2.75, 3.05) is 11.4 Å². The molecule has 0 saturated carbocycles. The van der Waals surface area contributed by atoms with E-state index >= 15 is 0 Å². The predicted molar refractivity (Wildman–Crippen MR) is 134 cm³/mol. The molecule has 4 N–H and O–H groups in total. The highest BCUT2D eigenvalue weighted by Gasteiger charge is 2.19. The van der Waals surface area contributed by atoms with Crippen molar-refractivity contribution in [3.8, 4) is 11.3 Å². The molecule has 1 aromatic heterocycles. The predicted octanol–water partition coefficient (Wildman–Crippen LogP) is 5.94. The number of nitrogens with two attached hydrogens (primary N) is 2. The third kappa shape index (κ3) is 6.35. The lowest BCUT2D eigenvalue weighted by atomic mass is 10.0. The average molecular weight is 476 g/mol. The van der Waals surface area contributed by atoms with Gasteiger partial charge in [-0.05, 0) is 30.0 Å². The number of nitrogens with zero attached hydrogens (tertiary/aromatic N) is 3. The van der Waals surface area contributed by atoms with Gasteiger partial charge in [0.05, 0.1) is 15.7 Å². The second-order valence-corrected chi connectivity index (χ2v) is 9.65. The molecule has 5 nitrogen and oxygen atoms in total. The van der Waals surface area contributed by atoms with Gasteiger partial charge >= 0.3 is 0 Å². The largest absolute Gasteiger partial charge is 0.386 e. The van der Waals surface area contributed by atoms with Crippen molar-refractivity contribution in [2.24, 2.45) is 22.6 Å². The molecule has 0 atom stereocenters. The standard InChI is InChI=1S/C23H27Cl2N5S/c1-15(2)12-20-22(17-8-9-18(24)19(25)13-17)28-23(31-20)30(11-10-21(26)29-27)14-16-6-4-3-5-7-16/h3-9,13,15H,10-12,14,27H2,1-2H3,(H2,26,29). The van der Waals surface area contributed by atoms with Crippen LogP contribution in [0.1, 0.15) is 30.7 Å². The highest BCUT2D eigenvalue weighted by molar-refractivity contribution is 7.16. The number of anilines is 1. The van der Waals surface area contributed by atoms with Gasteiger partial charge in [-0.15, -0.1) is 11.3 Å². The lowest BCUT2D eigenvalue weighted by Gasteiger charge is -2.22. The van der Waals surface area contributed by atoms with E-state index in [1.165, 1.54) is 10.4 Å². The average Bonchev–Trinajstić information content (AvgIpc) is 3.16. The Hall–Kier alpha value is -2.28. The molecule has 0 saturated heterocycles. The minimum absolute atomic E-state index is 0.418. The van der Waals surface area contributed by atoms with Crippen LogP contribution in [0.25, 0.3) is 11.3 Å². The monoisotopic (exact) mass is 475 g/mol. The summed E-state index contributed by atoms with van der Waals surface area (Å²) in [6.45, 7) is 5.79. The molecule has 0 bridgehead atoms. The fourth-order valence-electron chi connectivity index (χ4n) is 3.21. The summed E-state index contributed by atoms with van der Waals surface area (Å²) >= 11 is 14.1. The molecule has 1 heterocycles. The molecule has 3 aromatic rings. The zero-order chi connectivity index (χ0) is 22.4. The fraction of sp³-hybridized carbons (Fsp3) is 0.304. The van der Waals surface area contributed by atoms with Crippen LogP contribution in [-0.4, -0.2) is 17.4 Å². The zero-order valence-corrected chi connectivity index (χ0v) is 20.0. The maximum absolute atomic E-state index is 6.29. The minimum Gasteiger partial charge on any atom is -0.386 e. The number of hydrogen-bond donors (Lipinski definition) is 2. The Morgan fingerprint density at radius 3 is 2.52 bits per heavy atom. The van der Waals surface area contributed by atoms with Crippen LogP contribution < -0.4 is 16.5 Å². The maximum atomic E-state index is 6.29. The van der Waals surface area contributed by atoms with E-state index in [0.717, 1.165) is 22.8 Å². The van der Waals surface area contributed by atoms with Gasteiger partial charge in [-0.3, -0.25) is 0 Å². The normalized spacial score (nSPS) is 11.8. The van der Waals surface area contributed by atoms with E-state index in [2.05, 4.69) is 36.0 Å². The van der Waals surface area contributed by atoms with E-state index in [9.17, 15) is 0 Å². The Bertz CT molecular complexity index is 1030. The van der Waals surface area contributed by atoms with Crippen molar-refractivity contribution in [1.82, 2.24) is 4.98 Å². The van der Waals surface area contributed by atoms with Gasteiger partial charge in [-0.1, -0.05) is 73.4 Å². The molecular weight excluding hydrogens is 449 g/mol. The first-order chi connectivity index (χ1) is 14.9. The van der Waals surface area contributed by atoms with Gasteiger partial charge in [0.1, 0.15) is 5.84 Å². The lowest BCUT2D eigenvalue weighted by molar-refractivity contribution is 0.654. The van der Waals surface area contributed by atoms with Crippen LogP contribution in [0.3, 0.4) is 0 Å². The highest BCUT2D eigenvalue weighted by Crippen LogP contribution is 2.37. The number of hydrazone groups is 1. The van der Waals surface area contributed by atoms with E-state index in [0.29, 0.717) is 41.3 Å². The van der Waals surface area contributed by atoms with Crippen molar-refractivity contribution in [3.05, 3.63) is 69.0 Å². The molecule has 164 valence electrons. The van der Waals surface area contributed by atoms with Gasteiger partial charge in [0, 0.05) is 30.0 Å². The topological polar surface area (TPSA) is 80.5 Å². The molecule has 0 radical (unpaired) electrons. The smallest absolute Gasteiger partial charge is 0.186 e. The molecule has 3 rings (SSSR count). The summed E-state index contributed by atoms with van der Waals surface area (Å²) in [6, 6.07) is 16.0. The second kappa shape index (κ2) is 10.8. The van der Waals surface area contributed by atoms with Crippen LogP contribution in [0.15, 0.2) is 53.6 Å². The fourth-order valence-corrected chi connectivity index (χ4v) is 4.83. The lowest BCUT2D eigenvalue weighted by Crippen LogP contribution is -2.28. The Balaban J connectivity index is 2.00. The molecule has 0 fully saturated rings. The SMILES string of the molecule is CC(C)Cc1sc(N(CC/C(N)=N/N)Cc2ccccc2)nc1-c1ccc(Cl)c(Cl)c1. The van der Waals surface area contributed by atoms with Crippen LogP contribution in [-0.2, 0) is 13.0 Å². The molecule has 0 unspecified atom stereocenters. The van der Waals surface area contributed by atoms with Gasteiger partial charge in [0.2, 0.25) is 0 Å². The summed E-state index contributed by atoms with van der Waals surface area (Å²) in [7, 11) is 0. The summed E-state index contributed by atoms with van der Waals surface area (Å²) < 4.78 is 0. The summed E-state index contributed by atoms with van der Waals surface area (Å²) in [6.07, 6.45) is 1.49. The third-order valence-corrected chi connectivity index (χ3v) is 6.64. The Morgan fingerprint density at radius 2 is 1.87 bits per heavy atom. The van der Waals surface area contributed by atoms with E-state index in [1.807, 2.05) is 36.4 Å². The van der Waals surface area contributed by atoms with Crippen LogP contribution in [0.2, 0.25) is 10.0 Å². The molecule has 8 heteroatoms. The Kier molecular flexibility index (Phi) is 8.18. The van der Waals surface area contributed by atoms with Gasteiger partial charge in [0.25, 0.3) is 0 Å². The summed E-state index contributed by atoms with van der Waals surface area (Å²) in [5, 5.41) is 5.61. The van der Waals surface area contributed by atoms with Crippen LogP contribution >= 0.6 is 34.5 Å². The quantitative estimate of drug-likeness (QED) is 0.173. The molecule has 2 aromatic carbocycles. The van der Waals surface area contributed by atoms with Gasteiger partial charge in [0.15, 0.2) is 5.13 Å². The minimum atomic E-state index is 0.418. The van der Waals surface area contributed by atoms with E-state index in [1.54, 1.807) is 11.3 Å². The summed E-state index contributed by atoms with van der Waals surface area (Å²) in [4.78, 5) is 8.48. The van der Waals surface area contributed by atoms with E-state index in [-0.39, 0.29) is 0 Å². The number of amidine groups is 1. The third-order valence-electron chi connectivity index (χ3n) is 4.76. The molecule has 0 amide bonds. The molecular formula is C23H27Cl2N5S. The number of rotatable bonds is 9. The molecule has 0 aliphatic heterocycles. The number of aromatic nitrogens is 1. The van der Waals surface area contributed by atoms with Crippen LogP contribution in [0, 0.1) is 5.92 Å². The first-order valence-corrected chi connectivity index (χ1v) is 11.7. The van der Waals surface area contributed by atoms with Crippen molar-refractivity contribution in [2.45, 2.75) is 33.2 Å². The zero-order valence-electron chi connectivity index (χ0n) is 17.7. The number of benzene rings is 2. The second-order valence-electron chi connectivity index (χ2n) is 7.77. The Morgan fingerprint density at radius 1 is 1.13 bits per heavy atom. The van der Waals surface area contributed by atoms with Crippen molar-refractivity contribution < 1.29 is 0 Å². The number of thiazole rings is 1. The van der Waals surface area contributed by atoms with Crippen LogP contribution in [0.4, 0.5) is 5.13 Å². The molecule has 31 heavy (non-hydrogen) atoms. The first-order valence-electron chi connectivity index (χ1n) is 10.1. The first kappa shape index (κ1) is 23.4. The van der Waals surface area contributed by atoms with Crippen molar-refractivity contribution in [3.63, 3.8) is 0 Å². The molecule has 0 spiro atoms. The summed E-state index contributed by atoms with van der Waals surface area (Å²) in [5.41, 5.74) is 8.98. The van der Waals surface area contributed by atoms with E-state index < -0.39 is 0 Å². The number of hydrogen-bond acceptors (Lipinski definition) is 5. The maximum Gasteiger partial charge on any atom is 0.186 e. The van der Waals surface area contributed by atoms with E-state index in [4.69, 9.17) is 39.8 Å². The van der Waals surface area contributed by atoms with Gasteiger partial charge in [-0.2, -0.15) is 5.10 Å². The van der Waals surface area contributed by atoms with Crippen molar-refractivity contribution >= 4 is 45.5 Å². The highest BCUT2D eigenvalue weighted by atomic mass is 35.5. The molecule has 0 aliphatic carbocycles. The molecule has 0 aliphatic rings. The van der Waals surface area contributed by atoms with Gasteiger partial charge in [-0.25, -0.2) is 4.98 Å². The van der Waals surface area contributed by atoms with Crippen LogP contribution in [0.5, 0.6) is 0 Å². The van der Waals surface area contributed by atoms with Crippen molar-refractivity contribution in [1.29, 1.82) is 0 Å². The Labute approximate surface area is 197 Å². The number of halogens is 2. The summed E-state index contributed by atoms with van der Waals surface area (Å²) in [5.74, 6) is 6.26.